The van der Waals surface area contributed by atoms with Gasteiger partial charge in [0.25, 0.3) is 5.56 Å². The van der Waals surface area contributed by atoms with Gasteiger partial charge in [-0.25, -0.2) is 4.68 Å². The van der Waals surface area contributed by atoms with E-state index in [4.69, 9.17) is 33.0 Å². The lowest BCUT2D eigenvalue weighted by atomic mass is 9.85. The molecule has 1 aliphatic heterocycles. The van der Waals surface area contributed by atoms with Crippen LogP contribution in [0, 0.1) is 6.92 Å². The Hall–Kier alpha value is -3.55. The summed E-state index contributed by atoms with van der Waals surface area (Å²) in [5.41, 5.74) is 5.54. The number of halogens is 2. The van der Waals surface area contributed by atoms with Crippen molar-refractivity contribution in [1.29, 1.82) is 0 Å². The lowest BCUT2D eigenvalue weighted by molar-refractivity contribution is -0.118. The van der Waals surface area contributed by atoms with Crippen LogP contribution in [0.1, 0.15) is 60.8 Å². The van der Waals surface area contributed by atoms with Crippen molar-refractivity contribution in [3.8, 4) is 11.4 Å². The largest absolute Gasteiger partial charge is 0.494 e. The van der Waals surface area contributed by atoms with Crippen LogP contribution in [0.25, 0.3) is 5.69 Å². The van der Waals surface area contributed by atoms with Crippen molar-refractivity contribution in [2.45, 2.75) is 52.6 Å². The van der Waals surface area contributed by atoms with Gasteiger partial charge >= 0.3 is 0 Å². The Morgan fingerprint density at radius 3 is 2.51 bits per heavy atom. The SMILES string of the molecule is CCn1cc(N2C(=O)Cc3nn(-c4ccccc4OC)c(C(C)C)c3C2c2ccc(Cl)cc2C)cc(Cl)c1=O. The van der Waals surface area contributed by atoms with Crippen molar-refractivity contribution >= 4 is 34.8 Å². The van der Waals surface area contributed by atoms with Crippen molar-refractivity contribution in [2.75, 3.05) is 12.0 Å². The molecule has 1 amide bonds. The molecule has 0 radical (unpaired) electrons. The number of hydrogen-bond donors (Lipinski definition) is 0. The molecule has 1 aliphatic rings. The highest BCUT2D eigenvalue weighted by Gasteiger charge is 2.41. The topological polar surface area (TPSA) is 69.4 Å². The number of nitrogens with zero attached hydrogens (tertiary/aromatic N) is 4. The first-order chi connectivity index (χ1) is 18.7. The number of aromatic nitrogens is 3. The molecule has 0 aliphatic carbocycles. The molecule has 202 valence electrons. The maximum atomic E-state index is 14.0. The molecule has 1 atom stereocenters. The highest BCUT2D eigenvalue weighted by atomic mass is 35.5. The van der Waals surface area contributed by atoms with Gasteiger partial charge in [0.2, 0.25) is 5.91 Å². The normalized spacial score (nSPS) is 15.1. The van der Waals surface area contributed by atoms with E-state index in [0.29, 0.717) is 28.7 Å². The highest BCUT2D eigenvalue weighted by Crippen LogP contribution is 2.45. The predicted molar refractivity (Wildman–Crippen MR) is 155 cm³/mol. The first-order valence-corrected chi connectivity index (χ1v) is 13.6. The number of ether oxygens (including phenoxy) is 1. The molecular weight excluding hydrogens is 535 g/mol. The second-order valence-corrected chi connectivity index (χ2v) is 10.8. The number of hydrogen-bond acceptors (Lipinski definition) is 4. The Morgan fingerprint density at radius 2 is 1.85 bits per heavy atom. The van der Waals surface area contributed by atoms with Crippen molar-refractivity contribution in [1.82, 2.24) is 14.3 Å². The van der Waals surface area contributed by atoms with Crippen LogP contribution in [-0.4, -0.2) is 27.4 Å². The van der Waals surface area contributed by atoms with E-state index in [-0.39, 0.29) is 28.8 Å². The van der Waals surface area contributed by atoms with Crippen LogP contribution in [0.5, 0.6) is 5.75 Å². The van der Waals surface area contributed by atoms with Gasteiger partial charge in [-0.3, -0.25) is 14.5 Å². The van der Waals surface area contributed by atoms with Gasteiger partial charge < -0.3 is 9.30 Å². The number of anilines is 1. The van der Waals surface area contributed by atoms with E-state index in [2.05, 4.69) is 13.8 Å². The zero-order valence-corrected chi connectivity index (χ0v) is 24.0. The fourth-order valence-electron chi connectivity index (χ4n) is 5.45. The van der Waals surface area contributed by atoms with Crippen LogP contribution >= 0.6 is 23.2 Å². The fraction of sp³-hybridized carbons (Fsp3) is 0.300. The predicted octanol–water partition coefficient (Wildman–Crippen LogP) is 6.48. The zero-order chi connectivity index (χ0) is 28.0. The summed E-state index contributed by atoms with van der Waals surface area (Å²) >= 11 is 12.7. The van der Waals surface area contributed by atoms with E-state index >= 15 is 0 Å². The van der Waals surface area contributed by atoms with Gasteiger partial charge in [0.05, 0.1) is 36.6 Å². The number of pyridine rings is 1. The molecule has 0 fully saturated rings. The van der Waals surface area contributed by atoms with Crippen LogP contribution < -0.4 is 15.2 Å². The van der Waals surface area contributed by atoms with Crippen molar-refractivity contribution < 1.29 is 9.53 Å². The van der Waals surface area contributed by atoms with Gasteiger partial charge in [0, 0.05) is 23.3 Å². The summed E-state index contributed by atoms with van der Waals surface area (Å²) < 4.78 is 9.10. The van der Waals surface area contributed by atoms with Gasteiger partial charge in [-0.2, -0.15) is 5.10 Å². The molecule has 2 aromatic heterocycles. The molecule has 39 heavy (non-hydrogen) atoms. The molecular formula is C30H30Cl2N4O3. The molecule has 7 nitrogen and oxygen atoms in total. The number of carbonyl (C=O) groups is 1. The number of aryl methyl sites for hydroxylation is 2. The first-order valence-electron chi connectivity index (χ1n) is 12.9. The summed E-state index contributed by atoms with van der Waals surface area (Å²) in [5.74, 6) is 0.604. The van der Waals surface area contributed by atoms with Gasteiger partial charge in [0.1, 0.15) is 16.5 Å². The number of para-hydroxylation sites is 2. The molecule has 0 bridgehead atoms. The minimum absolute atomic E-state index is 0.0597. The highest BCUT2D eigenvalue weighted by molar-refractivity contribution is 6.31. The van der Waals surface area contributed by atoms with Crippen molar-refractivity contribution in [2.24, 2.45) is 0 Å². The monoisotopic (exact) mass is 564 g/mol. The second kappa shape index (κ2) is 10.5. The molecule has 5 rings (SSSR count). The number of amides is 1. The van der Waals surface area contributed by atoms with Gasteiger partial charge in [-0.1, -0.05) is 55.2 Å². The van der Waals surface area contributed by atoms with Crippen LogP contribution in [0.2, 0.25) is 10.0 Å². The maximum absolute atomic E-state index is 14.0. The third kappa shape index (κ3) is 4.64. The summed E-state index contributed by atoms with van der Waals surface area (Å²) in [6, 6.07) is 14.5. The fourth-order valence-corrected chi connectivity index (χ4v) is 5.90. The van der Waals surface area contributed by atoms with E-state index in [9.17, 15) is 9.59 Å². The van der Waals surface area contributed by atoms with Gasteiger partial charge in [0.15, 0.2) is 0 Å². The number of benzene rings is 2. The smallest absolute Gasteiger partial charge is 0.269 e. The van der Waals surface area contributed by atoms with Gasteiger partial charge in [-0.05, 0) is 61.2 Å². The standard InChI is InChI=1S/C30H30Cl2N4O3/c1-6-34-16-20(14-22(32)30(34)38)35-26(37)15-23-27(29(35)21-12-11-19(31)13-18(21)4)28(17(2)3)36(33-23)24-9-7-8-10-25(24)39-5/h7-14,16-17,29H,6,15H2,1-5H3. The second-order valence-electron chi connectivity index (χ2n) is 9.97. The number of fused-ring (bicyclic) bond motifs is 1. The molecule has 0 saturated carbocycles. The Bertz CT molecular complexity index is 1640. The lowest BCUT2D eigenvalue weighted by Crippen LogP contribution is -2.42. The summed E-state index contributed by atoms with van der Waals surface area (Å²) in [7, 11) is 1.63. The van der Waals surface area contributed by atoms with E-state index in [1.165, 1.54) is 4.57 Å². The molecule has 0 spiro atoms. The van der Waals surface area contributed by atoms with Crippen LogP contribution in [0.4, 0.5) is 5.69 Å². The summed E-state index contributed by atoms with van der Waals surface area (Å²) in [4.78, 5) is 28.3. The third-order valence-corrected chi connectivity index (χ3v) is 7.69. The number of rotatable bonds is 6. The van der Waals surface area contributed by atoms with Crippen LogP contribution in [-0.2, 0) is 17.8 Å². The zero-order valence-electron chi connectivity index (χ0n) is 22.5. The average Bonchev–Trinajstić information content (AvgIpc) is 3.28. The lowest BCUT2D eigenvalue weighted by Gasteiger charge is -2.37. The maximum Gasteiger partial charge on any atom is 0.269 e. The van der Waals surface area contributed by atoms with E-state index in [1.807, 2.05) is 61.0 Å². The molecule has 0 saturated heterocycles. The Labute approximate surface area is 237 Å². The Morgan fingerprint density at radius 1 is 1.10 bits per heavy atom. The minimum atomic E-state index is -0.516. The molecule has 2 aromatic carbocycles. The Kier molecular flexibility index (Phi) is 7.31. The average molecular weight is 566 g/mol. The first kappa shape index (κ1) is 27.0. The molecule has 3 heterocycles. The van der Waals surface area contributed by atoms with Crippen LogP contribution in [0.15, 0.2) is 59.5 Å². The van der Waals surface area contributed by atoms with E-state index < -0.39 is 6.04 Å². The van der Waals surface area contributed by atoms with Crippen LogP contribution in [0.3, 0.4) is 0 Å². The Balaban J connectivity index is 1.85. The van der Waals surface area contributed by atoms with Crippen molar-refractivity contribution in [3.63, 3.8) is 0 Å². The minimum Gasteiger partial charge on any atom is -0.494 e. The molecule has 4 aromatic rings. The molecule has 0 N–H and O–H groups in total. The molecule has 9 heteroatoms. The van der Waals surface area contributed by atoms with E-state index in [1.54, 1.807) is 24.3 Å². The molecule has 1 unspecified atom stereocenters. The van der Waals surface area contributed by atoms with E-state index in [0.717, 1.165) is 28.1 Å². The van der Waals surface area contributed by atoms with Gasteiger partial charge in [-0.15, -0.1) is 0 Å². The quantitative estimate of drug-likeness (QED) is 0.268. The number of methoxy groups -OCH3 is 1. The summed E-state index contributed by atoms with van der Waals surface area (Å²) in [5, 5.41) is 5.68. The van der Waals surface area contributed by atoms with Crippen molar-refractivity contribution in [3.05, 3.63) is 103 Å². The summed E-state index contributed by atoms with van der Waals surface area (Å²) in [6.45, 7) is 8.51. The third-order valence-electron chi connectivity index (χ3n) is 7.19. The summed E-state index contributed by atoms with van der Waals surface area (Å²) in [6.07, 6.45) is 1.80. The number of carbonyl (C=O) groups excluding carboxylic acids is 1.